The Bertz CT molecular complexity index is 290. The Kier molecular flexibility index (Phi) is 5.43. The van der Waals surface area contributed by atoms with Crippen LogP contribution in [0.25, 0.3) is 0 Å². The van der Waals surface area contributed by atoms with E-state index in [9.17, 15) is 4.79 Å². The van der Waals surface area contributed by atoms with Crippen LogP contribution in [0.4, 0.5) is 0 Å². The predicted molar refractivity (Wildman–Crippen MR) is 67.3 cm³/mol. The van der Waals surface area contributed by atoms with Gasteiger partial charge in [-0.2, -0.15) is 5.26 Å². The third-order valence-corrected chi connectivity index (χ3v) is 3.85. The highest BCUT2D eigenvalue weighted by atomic mass is 16.2. The van der Waals surface area contributed by atoms with Crippen LogP contribution in [0.1, 0.15) is 39.5 Å². The Morgan fingerprint density at radius 1 is 1.41 bits per heavy atom. The second kappa shape index (κ2) is 6.61. The number of rotatable bonds is 5. The molecule has 1 aliphatic rings. The highest BCUT2D eigenvalue weighted by Gasteiger charge is 2.39. The topological polar surface area (TPSA) is 56.1 Å². The van der Waals surface area contributed by atoms with Crippen LogP contribution in [0.5, 0.6) is 0 Å². The smallest absolute Gasteiger partial charge is 0.228 e. The lowest BCUT2D eigenvalue weighted by atomic mass is 9.75. The van der Waals surface area contributed by atoms with Gasteiger partial charge in [-0.05, 0) is 39.3 Å². The number of nitriles is 1. The quantitative estimate of drug-likeness (QED) is 0.789. The summed E-state index contributed by atoms with van der Waals surface area (Å²) < 4.78 is 0. The van der Waals surface area contributed by atoms with E-state index in [0.29, 0.717) is 19.5 Å². The van der Waals surface area contributed by atoms with Crippen LogP contribution < -0.4 is 5.32 Å². The number of carbonyl (C=O) groups excluding carboxylic acids is 1. The Morgan fingerprint density at radius 2 is 2.06 bits per heavy atom. The SMILES string of the molecule is CCN(CCC#N)C(=O)C1(CC)CCNCC1. The monoisotopic (exact) mass is 237 g/mol. The molecule has 0 aromatic carbocycles. The predicted octanol–water partition coefficient (Wildman–Crippen LogP) is 1.53. The summed E-state index contributed by atoms with van der Waals surface area (Å²) in [5, 5.41) is 11.9. The van der Waals surface area contributed by atoms with Crippen molar-refractivity contribution in [3.05, 3.63) is 0 Å². The Labute approximate surface area is 104 Å². The first-order valence-corrected chi connectivity index (χ1v) is 6.57. The minimum Gasteiger partial charge on any atom is -0.341 e. The molecule has 1 rings (SSSR count). The minimum atomic E-state index is -0.184. The molecule has 17 heavy (non-hydrogen) atoms. The number of nitrogens with one attached hydrogen (secondary N) is 1. The lowest BCUT2D eigenvalue weighted by Crippen LogP contribution is -2.49. The third kappa shape index (κ3) is 3.19. The first-order chi connectivity index (χ1) is 8.20. The van der Waals surface area contributed by atoms with Crippen molar-refractivity contribution in [3.8, 4) is 6.07 Å². The van der Waals surface area contributed by atoms with E-state index < -0.39 is 0 Å². The van der Waals surface area contributed by atoms with E-state index in [0.717, 1.165) is 32.4 Å². The molecule has 1 amide bonds. The van der Waals surface area contributed by atoms with Crippen molar-refractivity contribution in [1.82, 2.24) is 10.2 Å². The zero-order valence-corrected chi connectivity index (χ0v) is 11.0. The molecule has 1 fully saturated rings. The standard InChI is InChI=1S/C13H23N3O/c1-3-13(6-9-15-10-7-13)12(17)16(4-2)11-5-8-14/h15H,3-7,9-11H2,1-2H3. The number of carbonyl (C=O) groups is 1. The maximum atomic E-state index is 12.6. The van der Waals surface area contributed by atoms with Gasteiger partial charge in [-0.1, -0.05) is 6.92 Å². The van der Waals surface area contributed by atoms with Gasteiger partial charge in [0.1, 0.15) is 0 Å². The summed E-state index contributed by atoms with van der Waals surface area (Å²) in [7, 11) is 0. The average molecular weight is 237 g/mol. The maximum absolute atomic E-state index is 12.6. The number of hydrogen-bond acceptors (Lipinski definition) is 3. The number of nitrogens with zero attached hydrogens (tertiary/aromatic N) is 2. The average Bonchev–Trinajstić information content (AvgIpc) is 2.40. The highest BCUT2D eigenvalue weighted by Crippen LogP contribution is 2.34. The van der Waals surface area contributed by atoms with E-state index in [1.54, 1.807) is 0 Å². The zero-order valence-electron chi connectivity index (χ0n) is 11.0. The number of hydrogen-bond donors (Lipinski definition) is 1. The van der Waals surface area contributed by atoms with Crippen LogP contribution in [0.15, 0.2) is 0 Å². The molecular weight excluding hydrogens is 214 g/mol. The third-order valence-electron chi connectivity index (χ3n) is 3.85. The Morgan fingerprint density at radius 3 is 2.53 bits per heavy atom. The maximum Gasteiger partial charge on any atom is 0.228 e. The number of piperidine rings is 1. The zero-order chi connectivity index (χ0) is 12.7. The number of amides is 1. The largest absolute Gasteiger partial charge is 0.341 e. The van der Waals surface area contributed by atoms with Gasteiger partial charge in [-0.25, -0.2) is 0 Å². The van der Waals surface area contributed by atoms with Gasteiger partial charge in [0.2, 0.25) is 5.91 Å². The van der Waals surface area contributed by atoms with E-state index in [2.05, 4.69) is 18.3 Å². The van der Waals surface area contributed by atoms with Gasteiger partial charge in [-0.15, -0.1) is 0 Å². The lowest BCUT2D eigenvalue weighted by Gasteiger charge is -2.39. The van der Waals surface area contributed by atoms with E-state index >= 15 is 0 Å². The van der Waals surface area contributed by atoms with Gasteiger partial charge < -0.3 is 10.2 Å². The molecule has 4 heteroatoms. The normalized spacial score (nSPS) is 18.4. The van der Waals surface area contributed by atoms with Crippen molar-refractivity contribution in [1.29, 1.82) is 5.26 Å². The second-order valence-corrected chi connectivity index (χ2v) is 4.68. The van der Waals surface area contributed by atoms with Crippen LogP contribution >= 0.6 is 0 Å². The Balaban J connectivity index is 2.72. The van der Waals surface area contributed by atoms with Crippen molar-refractivity contribution < 1.29 is 4.79 Å². The van der Waals surface area contributed by atoms with Gasteiger partial charge in [-0.3, -0.25) is 4.79 Å². The van der Waals surface area contributed by atoms with Gasteiger partial charge in [0.25, 0.3) is 0 Å². The summed E-state index contributed by atoms with van der Waals surface area (Å²) in [5.41, 5.74) is -0.184. The first-order valence-electron chi connectivity index (χ1n) is 6.57. The molecule has 1 heterocycles. The molecule has 1 N–H and O–H groups in total. The molecule has 0 bridgehead atoms. The first kappa shape index (κ1) is 14.0. The van der Waals surface area contributed by atoms with Gasteiger partial charge in [0.15, 0.2) is 0 Å². The molecule has 0 atom stereocenters. The summed E-state index contributed by atoms with van der Waals surface area (Å²) in [6, 6.07) is 2.11. The summed E-state index contributed by atoms with van der Waals surface area (Å²) in [6.07, 6.45) is 3.17. The van der Waals surface area contributed by atoms with E-state index in [-0.39, 0.29) is 11.3 Å². The van der Waals surface area contributed by atoms with Crippen molar-refractivity contribution in [2.45, 2.75) is 39.5 Å². The summed E-state index contributed by atoms with van der Waals surface area (Å²) >= 11 is 0. The van der Waals surface area contributed by atoms with Crippen molar-refractivity contribution in [2.24, 2.45) is 5.41 Å². The van der Waals surface area contributed by atoms with Crippen molar-refractivity contribution in [3.63, 3.8) is 0 Å². The molecule has 4 nitrogen and oxygen atoms in total. The highest BCUT2D eigenvalue weighted by molar-refractivity contribution is 5.82. The van der Waals surface area contributed by atoms with Crippen LogP contribution in [0.3, 0.4) is 0 Å². The van der Waals surface area contributed by atoms with Gasteiger partial charge in [0.05, 0.1) is 17.9 Å². The van der Waals surface area contributed by atoms with Crippen LogP contribution in [0.2, 0.25) is 0 Å². The molecule has 96 valence electrons. The van der Waals surface area contributed by atoms with Crippen molar-refractivity contribution >= 4 is 5.91 Å². The molecule has 0 unspecified atom stereocenters. The van der Waals surface area contributed by atoms with Gasteiger partial charge in [0, 0.05) is 13.1 Å². The van der Waals surface area contributed by atoms with E-state index in [4.69, 9.17) is 5.26 Å². The summed E-state index contributed by atoms with van der Waals surface area (Å²) in [6.45, 7) is 7.21. The Hall–Kier alpha value is -1.08. The van der Waals surface area contributed by atoms with Crippen LogP contribution in [-0.2, 0) is 4.79 Å². The summed E-state index contributed by atoms with van der Waals surface area (Å²) in [5.74, 6) is 0.249. The molecule has 0 aromatic heterocycles. The van der Waals surface area contributed by atoms with Crippen LogP contribution in [0, 0.1) is 16.7 Å². The fourth-order valence-corrected chi connectivity index (χ4v) is 2.55. The van der Waals surface area contributed by atoms with Crippen molar-refractivity contribution in [2.75, 3.05) is 26.2 Å². The van der Waals surface area contributed by atoms with Gasteiger partial charge >= 0.3 is 0 Å². The molecule has 0 aromatic rings. The second-order valence-electron chi connectivity index (χ2n) is 4.68. The molecular formula is C13H23N3O. The fourth-order valence-electron chi connectivity index (χ4n) is 2.55. The molecule has 0 aliphatic carbocycles. The minimum absolute atomic E-state index is 0.184. The fraction of sp³-hybridized carbons (Fsp3) is 0.846. The lowest BCUT2D eigenvalue weighted by molar-refractivity contribution is -0.143. The van der Waals surface area contributed by atoms with E-state index in [1.807, 2.05) is 11.8 Å². The van der Waals surface area contributed by atoms with Crippen LogP contribution in [-0.4, -0.2) is 37.0 Å². The summed E-state index contributed by atoms with van der Waals surface area (Å²) in [4.78, 5) is 14.4. The molecule has 1 saturated heterocycles. The molecule has 0 radical (unpaired) electrons. The molecule has 1 aliphatic heterocycles. The molecule has 0 saturated carbocycles. The van der Waals surface area contributed by atoms with E-state index in [1.165, 1.54) is 0 Å². The molecule has 0 spiro atoms.